The Morgan fingerprint density at radius 3 is 2.67 bits per heavy atom. The fourth-order valence-corrected chi connectivity index (χ4v) is 4.05. The van der Waals surface area contributed by atoms with Crippen LogP contribution in [0.5, 0.6) is 0 Å². The normalized spacial score (nSPS) is 13.7. The maximum atomic E-state index is 13.7. The first-order valence-corrected chi connectivity index (χ1v) is 9.35. The molecule has 0 unspecified atom stereocenters. The first-order chi connectivity index (χ1) is 14.4. The summed E-state index contributed by atoms with van der Waals surface area (Å²) in [6, 6.07) is 7.22. The van der Waals surface area contributed by atoms with Gasteiger partial charge in [0.05, 0.1) is 35.2 Å². The average Bonchev–Trinajstić information content (AvgIpc) is 3.33. The zero-order valence-corrected chi connectivity index (χ0v) is 15.9. The molecule has 9 heteroatoms. The Morgan fingerprint density at radius 2 is 1.90 bits per heavy atom. The fraction of sp³-hybridized carbons (Fsp3) is 0.190. The van der Waals surface area contributed by atoms with E-state index in [9.17, 15) is 18.0 Å². The first kappa shape index (κ1) is 18.4. The molecule has 0 bridgehead atoms. The molecule has 1 aliphatic heterocycles. The maximum absolute atomic E-state index is 13.7. The summed E-state index contributed by atoms with van der Waals surface area (Å²) in [6.45, 7) is 0.690. The highest BCUT2D eigenvalue weighted by molar-refractivity contribution is 6.00. The summed E-state index contributed by atoms with van der Waals surface area (Å²) < 4.78 is 44.0. The Kier molecular flexibility index (Phi) is 4.12. The molecule has 152 valence electrons. The molecule has 0 atom stereocenters. The molecule has 6 nitrogen and oxygen atoms in total. The quantitative estimate of drug-likeness (QED) is 0.476. The highest BCUT2D eigenvalue weighted by Crippen LogP contribution is 2.32. The molecule has 1 amide bonds. The molecular formula is C21H16F3N5O. The van der Waals surface area contributed by atoms with Crippen LogP contribution in [0.25, 0.3) is 16.8 Å². The summed E-state index contributed by atoms with van der Waals surface area (Å²) in [6.07, 6.45) is 3.87. The second kappa shape index (κ2) is 6.72. The van der Waals surface area contributed by atoms with Crippen LogP contribution >= 0.6 is 0 Å². The monoisotopic (exact) mass is 411 g/mol. The van der Waals surface area contributed by atoms with E-state index in [1.165, 1.54) is 4.68 Å². The van der Waals surface area contributed by atoms with Crippen molar-refractivity contribution in [1.82, 2.24) is 24.3 Å². The number of amides is 1. The molecule has 0 aliphatic carbocycles. The molecule has 0 fully saturated rings. The molecule has 3 aromatic heterocycles. The number of pyridine rings is 1. The van der Waals surface area contributed by atoms with E-state index in [0.717, 1.165) is 17.7 Å². The lowest BCUT2D eigenvalue weighted by Crippen LogP contribution is -2.36. The zero-order chi connectivity index (χ0) is 21.0. The molecule has 0 spiro atoms. The molecule has 1 aromatic carbocycles. The molecule has 0 radical (unpaired) electrons. The Balaban J connectivity index is 1.49. The fourth-order valence-electron chi connectivity index (χ4n) is 4.05. The largest absolute Gasteiger partial charge is 0.332 e. The number of benzene rings is 1. The van der Waals surface area contributed by atoms with Crippen molar-refractivity contribution in [1.29, 1.82) is 0 Å². The van der Waals surface area contributed by atoms with E-state index >= 15 is 0 Å². The number of aromatic nitrogens is 4. The van der Waals surface area contributed by atoms with E-state index in [0.29, 0.717) is 35.4 Å². The number of carbonyl (C=O) groups excluding carboxylic acids is 1. The number of aryl methyl sites for hydroxylation is 1. The van der Waals surface area contributed by atoms with Gasteiger partial charge >= 0.3 is 0 Å². The molecule has 0 saturated heterocycles. The lowest BCUT2D eigenvalue weighted by molar-refractivity contribution is 0.0734. The number of halogens is 3. The summed E-state index contributed by atoms with van der Waals surface area (Å²) in [4.78, 5) is 14.8. The van der Waals surface area contributed by atoms with E-state index in [2.05, 4.69) is 10.2 Å². The van der Waals surface area contributed by atoms with Crippen LogP contribution in [0.4, 0.5) is 13.2 Å². The van der Waals surface area contributed by atoms with Crippen molar-refractivity contribution in [2.45, 2.75) is 13.0 Å². The van der Waals surface area contributed by atoms with Gasteiger partial charge in [0, 0.05) is 30.9 Å². The van der Waals surface area contributed by atoms with Gasteiger partial charge < -0.3 is 4.90 Å². The topological polar surface area (TPSA) is 55.4 Å². The van der Waals surface area contributed by atoms with Crippen LogP contribution < -0.4 is 0 Å². The highest BCUT2D eigenvalue weighted by Gasteiger charge is 2.29. The summed E-state index contributed by atoms with van der Waals surface area (Å²) in [7, 11) is 1.66. The van der Waals surface area contributed by atoms with Gasteiger partial charge in [-0.05, 0) is 36.8 Å². The number of hydrogen-bond acceptors (Lipinski definition) is 3. The van der Waals surface area contributed by atoms with Crippen molar-refractivity contribution in [3.05, 3.63) is 77.0 Å². The average molecular weight is 411 g/mol. The van der Waals surface area contributed by atoms with E-state index in [1.54, 1.807) is 47.1 Å². The standard InChI is InChI=1S/C21H16F3N5O/c1-27-20(12-9-15(22)19(24)16(23)10-12)13-5-8-28(11-17(13)26-27)21(30)14-3-2-7-29-18(14)4-6-25-29/h2-4,6-7,9-10H,5,8,11H2,1H3. The second-order valence-electron chi connectivity index (χ2n) is 7.21. The minimum atomic E-state index is -1.50. The van der Waals surface area contributed by atoms with Crippen LogP contribution in [0.2, 0.25) is 0 Å². The number of fused-ring (bicyclic) bond motifs is 2. The van der Waals surface area contributed by atoms with Gasteiger partial charge in [-0.3, -0.25) is 9.48 Å². The predicted molar refractivity (Wildman–Crippen MR) is 102 cm³/mol. The summed E-state index contributed by atoms with van der Waals surface area (Å²) in [5, 5.41) is 8.61. The third-order valence-corrected chi connectivity index (χ3v) is 5.41. The number of nitrogens with zero attached hydrogens (tertiary/aromatic N) is 5. The van der Waals surface area contributed by atoms with Gasteiger partial charge in [0.2, 0.25) is 0 Å². The minimum Gasteiger partial charge on any atom is -0.332 e. The summed E-state index contributed by atoms with van der Waals surface area (Å²) in [5.41, 5.74) is 3.44. The SMILES string of the molecule is Cn1nc2c(c1-c1cc(F)c(F)c(F)c1)CCN(C(=O)c1cccn3nccc13)C2. The van der Waals surface area contributed by atoms with Gasteiger partial charge in [-0.2, -0.15) is 10.2 Å². The third-order valence-electron chi connectivity index (χ3n) is 5.41. The van der Waals surface area contributed by atoms with Gasteiger partial charge in [-0.1, -0.05) is 0 Å². The number of carbonyl (C=O) groups is 1. The van der Waals surface area contributed by atoms with Crippen LogP contribution in [0.1, 0.15) is 21.6 Å². The minimum absolute atomic E-state index is 0.141. The molecule has 4 heterocycles. The van der Waals surface area contributed by atoms with Crippen molar-refractivity contribution >= 4 is 11.4 Å². The Labute approximate surface area is 169 Å². The first-order valence-electron chi connectivity index (χ1n) is 9.35. The van der Waals surface area contributed by atoms with Crippen molar-refractivity contribution < 1.29 is 18.0 Å². The highest BCUT2D eigenvalue weighted by atomic mass is 19.2. The van der Waals surface area contributed by atoms with E-state index in [4.69, 9.17) is 0 Å². The number of hydrogen-bond donors (Lipinski definition) is 0. The molecule has 30 heavy (non-hydrogen) atoms. The molecule has 0 N–H and O–H groups in total. The molecule has 0 saturated carbocycles. The van der Waals surface area contributed by atoms with Gasteiger partial charge in [-0.25, -0.2) is 17.7 Å². The molecule has 4 aromatic rings. The Morgan fingerprint density at radius 1 is 1.13 bits per heavy atom. The van der Waals surface area contributed by atoms with Crippen molar-refractivity contribution in [2.24, 2.45) is 7.05 Å². The van der Waals surface area contributed by atoms with Gasteiger partial charge in [0.15, 0.2) is 17.5 Å². The number of rotatable bonds is 2. The Hall–Kier alpha value is -3.62. The van der Waals surface area contributed by atoms with Gasteiger partial charge in [0.1, 0.15) is 0 Å². The predicted octanol–water partition coefficient (Wildman–Crippen LogP) is 3.35. The van der Waals surface area contributed by atoms with Crippen LogP contribution in [0, 0.1) is 17.5 Å². The van der Waals surface area contributed by atoms with E-state index < -0.39 is 17.5 Å². The smallest absolute Gasteiger partial charge is 0.256 e. The van der Waals surface area contributed by atoms with Crippen LogP contribution in [0.15, 0.2) is 42.7 Å². The van der Waals surface area contributed by atoms with E-state index in [1.807, 2.05) is 0 Å². The second-order valence-corrected chi connectivity index (χ2v) is 7.21. The zero-order valence-electron chi connectivity index (χ0n) is 15.9. The van der Waals surface area contributed by atoms with E-state index in [-0.39, 0.29) is 18.0 Å². The third kappa shape index (κ3) is 2.77. The van der Waals surface area contributed by atoms with Crippen molar-refractivity contribution in [3.63, 3.8) is 0 Å². The maximum Gasteiger partial charge on any atom is 0.256 e. The van der Waals surface area contributed by atoms with Gasteiger partial charge in [0.25, 0.3) is 5.91 Å². The van der Waals surface area contributed by atoms with Crippen LogP contribution in [0.3, 0.4) is 0 Å². The molecule has 1 aliphatic rings. The van der Waals surface area contributed by atoms with Crippen molar-refractivity contribution in [2.75, 3.05) is 6.54 Å². The van der Waals surface area contributed by atoms with Crippen LogP contribution in [-0.4, -0.2) is 36.7 Å². The molecular weight excluding hydrogens is 395 g/mol. The van der Waals surface area contributed by atoms with Crippen LogP contribution in [-0.2, 0) is 20.0 Å². The molecule has 5 rings (SSSR count). The Bertz CT molecular complexity index is 1290. The summed E-state index contributed by atoms with van der Waals surface area (Å²) >= 11 is 0. The lowest BCUT2D eigenvalue weighted by atomic mass is 9.99. The van der Waals surface area contributed by atoms with Crippen molar-refractivity contribution in [3.8, 4) is 11.3 Å². The lowest BCUT2D eigenvalue weighted by Gasteiger charge is -2.27. The summed E-state index contributed by atoms with van der Waals surface area (Å²) in [5.74, 6) is -4.14. The van der Waals surface area contributed by atoms with Gasteiger partial charge in [-0.15, -0.1) is 0 Å².